The topological polar surface area (TPSA) is 79.3 Å². The number of rotatable bonds is 6. The molecule has 1 aliphatic rings. The molecule has 0 atom stereocenters. The molecule has 0 aliphatic carbocycles. The molecule has 0 saturated carbocycles. The average molecular weight is 465 g/mol. The van der Waals surface area contributed by atoms with Crippen molar-refractivity contribution in [2.45, 2.75) is 20.3 Å². The van der Waals surface area contributed by atoms with Gasteiger partial charge in [-0.05, 0) is 25.5 Å². The van der Waals surface area contributed by atoms with Crippen molar-refractivity contribution in [3.05, 3.63) is 41.4 Å². The number of morpholine rings is 1. The Balaban J connectivity index is 1.71. The van der Waals surface area contributed by atoms with E-state index in [4.69, 9.17) is 14.7 Å². The first-order valence-electron chi connectivity index (χ1n) is 11.2. The molecule has 170 valence electrons. The zero-order valence-corrected chi connectivity index (χ0v) is 19.5. The minimum absolute atomic E-state index is 0.398. The molecule has 0 radical (unpaired) electrons. The summed E-state index contributed by atoms with van der Waals surface area (Å²) in [5.74, 6) is 1.05. The number of ether oxygens (including phenoxy) is 1. The number of H-pyrrole nitrogens is 1. The van der Waals surface area contributed by atoms with E-state index in [9.17, 15) is 4.39 Å². The predicted octanol–water partition coefficient (Wildman–Crippen LogP) is 5.25. The van der Waals surface area contributed by atoms with Gasteiger partial charge in [0.05, 0.1) is 35.1 Å². The molecule has 7 nitrogen and oxygen atoms in total. The standard InChI is InChI=1S/C24H25FN6OS/c1-3-6-16(22(25)26-4-2)20-13-19-21(33-20)24(31-9-11-32-12-10-31)29-23(28-19)15-7-5-8-18-17(15)14-27-30-18/h5-8,13-14H,3-4,9-12H2,1-2H3,(H,27,30)/b16-6-,26-22+. The number of halogens is 1. The van der Waals surface area contributed by atoms with Crippen molar-refractivity contribution < 1.29 is 9.13 Å². The van der Waals surface area contributed by atoms with E-state index in [1.807, 2.05) is 44.2 Å². The lowest BCUT2D eigenvalue weighted by molar-refractivity contribution is 0.122. The van der Waals surface area contributed by atoms with Gasteiger partial charge in [0.1, 0.15) is 0 Å². The monoisotopic (exact) mass is 464 g/mol. The van der Waals surface area contributed by atoms with Crippen LogP contribution in [0, 0.1) is 0 Å². The summed E-state index contributed by atoms with van der Waals surface area (Å²) in [5, 5.41) is 8.15. The molecule has 1 N–H and O–H groups in total. The van der Waals surface area contributed by atoms with Crippen molar-refractivity contribution in [3.63, 3.8) is 0 Å². The Hall–Kier alpha value is -3.17. The van der Waals surface area contributed by atoms with Gasteiger partial charge in [-0.25, -0.2) is 9.97 Å². The number of aromatic nitrogens is 4. The highest BCUT2D eigenvalue weighted by Gasteiger charge is 2.22. The Kier molecular flexibility index (Phi) is 6.15. The lowest BCUT2D eigenvalue weighted by Gasteiger charge is -2.28. The molecule has 1 aliphatic heterocycles. The highest BCUT2D eigenvalue weighted by Crippen LogP contribution is 2.38. The van der Waals surface area contributed by atoms with Crippen molar-refractivity contribution in [2.75, 3.05) is 37.7 Å². The van der Waals surface area contributed by atoms with E-state index in [0.29, 0.717) is 37.6 Å². The lowest BCUT2D eigenvalue weighted by atomic mass is 10.1. The number of allylic oxidation sites excluding steroid dienone is 2. The third kappa shape index (κ3) is 4.14. The smallest absolute Gasteiger partial charge is 0.216 e. The number of aromatic amines is 1. The van der Waals surface area contributed by atoms with Crippen LogP contribution in [0.5, 0.6) is 0 Å². The zero-order valence-electron chi connectivity index (χ0n) is 18.6. The molecule has 4 heterocycles. The van der Waals surface area contributed by atoms with Crippen molar-refractivity contribution in [2.24, 2.45) is 4.99 Å². The van der Waals surface area contributed by atoms with E-state index < -0.39 is 5.97 Å². The molecule has 1 fully saturated rings. The Morgan fingerprint density at radius 1 is 1.27 bits per heavy atom. The van der Waals surface area contributed by atoms with E-state index in [-0.39, 0.29) is 0 Å². The number of thiophene rings is 1. The van der Waals surface area contributed by atoms with Crippen LogP contribution in [-0.4, -0.2) is 59.0 Å². The van der Waals surface area contributed by atoms with E-state index >= 15 is 0 Å². The largest absolute Gasteiger partial charge is 0.378 e. The molecule has 5 rings (SSSR count). The molecule has 4 aromatic rings. The first-order chi connectivity index (χ1) is 16.2. The van der Waals surface area contributed by atoms with E-state index in [2.05, 4.69) is 20.1 Å². The van der Waals surface area contributed by atoms with Gasteiger partial charge in [0.25, 0.3) is 0 Å². The number of aliphatic imine (C=N–C) groups is 1. The number of hydrogen-bond acceptors (Lipinski definition) is 7. The summed E-state index contributed by atoms with van der Waals surface area (Å²) in [6.45, 7) is 7.02. The third-order valence-corrected chi connectivity index (χ3v) is 6.74. The van der Waals surface area contributed by atoms with Crippen molar-refractivity contribution >= 4 is 49.8 Å². The third-order valence-electron chi connectivity index (χ3n) is 5.58. The number of anilines is 1. The highest BCUT2D eigenvalue weighted by atomic mass is 32.1. The second kappa shape index (κ2) is 9.36. The SMILES string of the molecule is CC/C=C(\C(F)=N/CC)c1cc2nc(-c3cccc4[nH]ncc34)nc(N3CCOCC3)c2s1. The molecule has 9 heteroatoms. The Labute approximate surface area is 195 Å². The number of nitrogens with zero attached hydrogens (tertiary/aromatic N) is 5. The summed E-state index contributed by atoms with van der Waals surface area (Å²) in [4.78, 5) is 17.0. The second-order valence-electron chi connectivity index (χ2n) is 7.72. The summed E-state index contributed by atoms with van der Waals surface area (Å²) in [5.41, 5.74) is 3.16. The number of fused-ring (bicyclic) bond motifs is 2. The van der Waals surface area contributed by atoms with Crippen LogP contribution >= 0.6 is 11.3 Å². The first kappa shape index (κ1) is 21.7. The molecule has 1 saturated heterocycles. The Morgan fingerprint density at radius 3 is 2.91 bits per heavy atom. The Morgan fingerprint density at radius 2 is 2.12 bits per heavy atom. The summed E-state index contributed by atoms with van der Waals surface area (Å²) in [6, 6.07) is 7.91. The normalized spacial score (nSPS) is 15.7. The molecule has 3 aromatic heterocycles. The second-order valence-corrected chi connectivity index (χ2v) is 8.78. The van der Waals surface area contributed by atoms with Crippen LogP contribution in [0.4, 0.5) is 10.2 Å². The molecule has 0 amide bonds. The van der Waals surface area contributed by atoms with Crippen LogP contribution < -0.4 is 4.90 Å². The minimum atomic E-state index is -0.435. The maximum Gasteiger partial charge on any atom is 0.216 e. The quantitative estimate of drug-likeness (QED) is 0.394. The van der Waals surface area contributed by atoms with E-state index in [1.165, 1.54) is 11.3 Å². The molecular weight excluding hydrogens is 439 g/mol. The van der Waals surface area contributed by atoms with Gasteiger partial charge in [0.15, 0.2) is 11.6 Å². The Bertz CT molecular complexity index is 1350. The maximum absolute atomic E-state index is 14.8. The predicted molar refractivity (Wildman–Crippen MR) is 133 cm³/mol. The number of benzene rings is 1. The summed E-state index contributed by atoms with van der Waals surface area (Å²) in [6.07, 6.45) is 4.39. The van der Waals surface area contributed by atoms with Crippen LogP contribution in [-0.2, 0) is 4.74 Å². The van der Waals surface area contributed by atoms with Gasteiger partial charge in [0, 0.05) is 41.0 Å². The van der Waals surface area contributed by atoms with Gasteiger partial charge >= 0.3 is 0 Å². The van der Waals surface area contributed by atoms with Crippen molar-refractivity contribution in [1.82, 2.24) is 20.2 Å². The van der Waals surface area contributed by atoms with E-state index in [0.717, 1.165) is 50.5 Å². The van der Waals surface area contributed by atoms with Gasteiger partial charge in [-0.2, -0.15) is 9.49 Å². The molecule has 1 aromatic carbocycles. The maximum atomic E-state index is 14.8. The van der Waals surface area contributed by atoms with Gasteiger partial charge in [-0.3, -0.25) is 10.1 Å². The lowest BCUT2D eigenvalue weighted by Crippen LogP contribution is -2.36. The molecule has 33 heavy (non-hydrogen) atoms. The summed E-state index contributed by atoms with van der Waals surface area (Å²) in [7, 11) is 0. The van der Waals surface area contributed by atoms with Crippen molar-refractivity contribution in [3.8, 4) is 11.4 Å². The average Bonchev–Trinajstić information content (AvgIpc) is 3.49. The van der Waals surface area contributed by atoms with Crippen LogP contribution in [0.1, 0.15) is 25.1 Å². The highest BCUT2D eigenvalue weighted by molar-refractivity contribution is 7.20. The van der Waals surface area contributed by atoms with Gasteiger partial charge in [-0.1, -0.05) is 25.1 Å². The summed E-state index contributed by atoms with van der Waals surface area (Å²) >= 11 is 1.51. The fourth-order valence-corrected chi connectivity index (χ4v) is 5.18. The van der Waals surface area contributed by atoms with Crippen LogP contribution in [0.2, 0.25) is 0 Å². The van der Waals surface area contributed by atoms with Gasteiger partial charge in [-0.15, -0.1) is 11.3 Å². The van der Waals surface area contributed by atoms with Crippen LogP contribution in [0.3, 0.4) is 0 Å². The van der Waals surface area contributed by atoms with E-state index in [1.54, 1.807) is 6.20 Å². The first-order valence-corrected chi connectivity index (χ1v) is 12.0. The molecule has 0 bridgehead atoms. The van der Waals surface area contributed by atoms with Crippen molar-refractivity contribution in [1.29, 1.82) is 0 Å². The fraction of sp³-hybridized carbons (Fsp3) is 0.333. The number of nitrogens with one attached hydrogen (secondary N) is 1. The minimum Gasteiger partial charge on any atom is -0.378 e. The van der Waals surface area contributed by atoms with Gasteiger partial charge in [0.2, 0.25) is 5.97 Å². The number of hydrogen-bond donors (Lipinski definition) is 1. The van der Waals surface area contributed by atoms with Crippen LogP contribution in [0.15, 0.2) is 41.5 Å². The summed E-state index contributed by atoms with van der Waals surface area (Å²) < 4.78 is 21.3. The molecule has 0 unspecified atom stereocenters. The zero-order chi connectivity index (χ0) is 22.8. The molecular formula is C24H25FN6OS. The molecule has 0 spiro atoms. The van der Waals surface area contributed by atoms with Gasteiger partial charge < -0.3 is 9.64 Å². The van der Waals surface area contributed by atoms with Crippen LogP contribution in [0.25, 0.3) is 38.1 Å². The fourth-order valence-electron chi connectivity index (χ4n) is 4.04.